The number of cyclic esters (lactones) is 1. The molecule has 0 saturated carbocycles. The average Bonchev–Trinajstić information content (AvgIpc) is 3.03. The van der Waals surface area contributed by atoms with Crippen LogP contribution < -0.4 is 9.47 Å². The summed E-state index contributed by atoms with van der Waals surface area (Å²) in [4.78, 5) is 38.4. The number of ether oxygens (including phenoxy) is 3. The van der Waals surface area contributed by atoms with Crippen molar-refractivity contribution in [2.24, 2.45) is 4.99 Å². The van der Waals surface area contributed by atoms with Crippen LogP contribution in [0.4, 0.5) is 5.69 Å². The van der Waals surface area contributed by atoms with Crippen LogP contribution in [-0.2, 0) is 14.3 Å². The Labute approximate surface area is 179 Å². The van der Waals surface area contributed by atoms with Crippen LogP contribution in [0.1, 0.15) is 23.6 Å². The summed E-state index contributed by atoms with van der Waals surface area (Å²) < 4.78 is 16.0. The molecule has 0 saturated heterocycles. The van der Waals surface area contributed by atoms with Gasteiger partial charge in [0.15, 0.2) is 17.2 Å². The van der Waals surface area contributed by atoms with Crippen molar-refractivity contribution in [3.8, 4) is 11.5 Å². The van der Waals surface area contributed by atoms with Crippen molar-refractivity contribution >= 4 is 45.5 Å². The molecule has 0 atom stereocenters. The number of hydrogen-bond donors (Lipinski definition) is 0. The Kier molecular flexibility index (Phi) is 5.97. The second-order valence-corrected chi connectivity index (χ2v) is 7.02. The molecule has 2 aromatic carbocycles. The maximum absolute atomic E-state index is 12.3. The maximum atomic E-state index is 12.3. The first-order valence-electron chi connectivity index (χ1n) is 8.54. The zero-order valence-electron chi connectivity index (χ0n) is 16.1. The molecule has 10 heteroatoms. The van der Waals surface area contributed by atoms with Crippen molar-refractivity contribution in [3.63, 3.8) is 0 Å². The number of hydrogen-bond acceptors (Lipinski definition) is 8. The van der Waals surface area contributed by atoms with Gasteiger partial charge in [-0.25, -0.2) is 9.79 Å². The van der Waals surface area contributed by atoms with E-state index >= 15 is 0 Å². The highest BCUT2D eigenvalue weighted by atomic mass is 79.9. The summed E-state index contributed by atoms with van der Waals surface area (Å²) in [7, 11) is 1.41. The third-order valence-corrected chi connectivity index (χ3v) is 4.74. The molecule has 2 aromatic rings. The van der Waals surface area contributed by atoms with Crippen molar-refractivity contribution in [2.45, 2.75) is 13.8 Å². The van der Waals surface area contributed by atoms with E-state index in [0.717, 1.165) is 0 Å². The number of nitrogens with zero attached hydrogens (tertiary/aromatic N) is 2. The summed E-state index contributed by atoms with van der Waals surface area (Å²) in [5, 5.41) is 11.1. The number of methoxy groups -OCH3 is 1. The number of nitro benzene ring substituents is 1. The van der Waals surface area contributed by atoms with Crippen molar-refractivity contribution in [3.05, 3.63) is 67.3 Å². The molecule has 154 valence electrons. The molecule has 0 bridgehead atoms. The Morgan fingerprint density at radius 1 is 1.33 bits per heavy atom. The van der Waals surface area contributed by atoms with Crippen molar-refractivity contribution in [1.82, 2.24) is 0 Å². The highest BCUT2D eigenvalue weighted by Gasteiger charge is 2.27. The fourth-order valence-electron chi connectivity index (χ4n) is 2.80. The zero-order valence-corrected chi connectivity index (χ0v) is 17.7. The summed E-state index contributed by atoms with van der Waals surface area (Å²) in [5.41, 5.74) is 1.13. The summed E-state index contributed by atoms with van der Waals surface area (Å²) in [6.45, 7) is 2.82. The van der Waals surface area contributed by atoms with Gasteiger partial charge >= 0.3 is 11.9 Å². The van der Waals surface area contributed by atoms with Gasteiger partial charge < -0.3 is 14.2 Å². The van der Waals surface area contributed by atoms with Crippen LogP contribution >= 0.6 is 15.9 Å². The predicted octanol–water partition coefficient (Wildman–Crippen LogP) is 3.94. The summed E-state index contributed by atoms with van der Waals surface area (Å²) >= 11 is 3.31. The molecular weight excluding hydrogens is 460 g/mol. The van der Waals surface area contributed by atoms with E-state index in [1.807, 2.05) is 0 Å². The number of aliphatic imine (C=N–C) groups is 1. The lowest BCUT2D eigenvalue weighted by Crippen LogP contribution is -2.08. The SMILES string of the molecule is COc1cc(/C=C2\N=C(c3cccc([N+](=O)[O-])c3C)OC2=O)cc(Br)c1OC(C)=O. The van der Waals surface area contributed by atoms with E-state index in [9.17, 15) is 19.7 Å². The van der Waals surface area contributed by atoms with Crippen LogP contribution in [0.5, 0.6) is 11.5 Å². The van der Waals surface area contributed by atoms with Crippen LogP contribution in [-0.4, -0.2) is 29.9 Å². The molecule has 0 unspecified atom stereocenters. The Bertz CT molecular complexity index is 1140. The fraction of sp³-hybridized carbons (Fsp3) is 0.150. The molecule has 0 spiro atoms. The van der Waals surface area contributed by atoms with Gasteiger partial charge in [0.05, 0.1) is 16.5 Å². The minimum atomic E-state index is -0.699. The molecule has 1 aliphatic heterocycles. The van der Waals surface area contributed by atoms with E-state index < -0.39 is 16.9 Å². The number of esters is 2. The van der Waals surface area contributed by atoms with Crippen LogP contribution in [0.25, 0.3) is 6.08 Å². The molecule has 1 aliphatic rings. The molecule has 3 rings (SSSR count). The predicted molar refractivity (Wildman–Crippen MR) is 110 cm³/mol. The fourth-order valence-corrected chi connectivity index (χ4v) is 3.34. The van der Waals surface area contributed by atoms with Crippen LogP contribution in [0.2, 0.25) is 0 Å². The Balaban J connectivity index is 2.01. The van der Waals surface area contributed by atoms with Crippen LogP contribution in [0.15, 0.2) is 45.5 Å². The molecule has 0 fully saturated rings. The zero-order chi connectivity index (χ0) is 22.0. The molecular formula is C20H15BrN2O7. The number of halogens is 1. The van der Waals surface area contributed by atoms with E-state index in [4.69, 9.17) is 14.2 Å². The molecule has 0 amide bonds. The van der Waals surface area contributed by atoms with Gasteiger partial charge in [0.25, 0.3) is 5.69 Å². The first-order chi connectivity index (χ1) is 14.2. The molecule has 1 heterocycles. The van der Waals surface area contributed by atoms with E-state index in [1.165, 1.54) is 32.2 Å². The summed E-state index contributed by atoms with van der Waals surface area (Å²) in [6, 6.07) is 7.63. The van der Waals surface area contributed by atoms with E-state index in [0.29, 0.717) is 21.2 Å². The third-order valence-electron chi connectivity index (χ3n) is 4.15. The lowest BCUT2D eigenvalue weighted by molar-refractivity contribution is -0.385. The van der Waals surface area contributed by atoms with E-state index in [1.54, 1.807) is 25.1 Å². The monoisotopic (exact) mass is 474 g/mol. The second kappa shape index (κ2) is 8.46. The van der Waals surface area contributed by atoms with E-state index in [-0.39, 0.29) is 28.8 Å². The minimum Gasteiger partial charge on any atom is -0.493 e. The molecule has 0 aliphatic carbocycles. The topological polar surface area (TPSA) is 117 Å². The van der Waals surface area contributed by atoms with Gasteiger partial charge in [-0.1, -0.05) is 6.07 Å². The Morgan fingerprint density at radius 3 is 2.70 bits per heavy atom. The molecule has 0 aromatic heterocycles. The largest absolute Gasteiger partial charge is 0.493 e. The van der Waals surface area contributed by atoms with Crippen LogP contribution in [0.3, 0.4) is 0 Å². The van der Waals surface area contributed by atoms with Crippen LogP contribution in [0, 0.1) is 17.0 Å². The van der Waals surface area contributed by atoms with E-state index in [2.05, 4.69) is 20.9 Å². The van der Waals surface area contributed by atoms with Gasteiger partial charge in [-0.15, -0.1) is 0 Å². The normalized spacial score (nSPS) is 14.3. The smallest absolute Gasteiger partial charge is 0.363 e. The van der Waals surface area contributed by atoms with Gasteiger partial charge in [-0.05, 0) is 52.7 Å². The highest BCUT2D eigenvalue weighted by Crippen LogP contribution is 2.37. The Hall–Kier alpha value is -3.53. The van der Waals surface area contributed by atoms with Gasteiger partial charge in [-0.2, -0.15) is 0 Å². The first kappa shape index (κ1) is 21.2. The second-order valence-electron chi connectivity index (χ2n) is 6.17. The molecule has 30 heavy (non-hydrogen) atoms. The Morgan fingerprint density at radius 2 is 2.07 bits per heavy atom. The maximum Gasteiger partial charge on any atom is 0.363 e. The lowest BCUT2D eigenvalue weighted by Gasteiger charge is -2.11. The molecule has 0 N–H and O–H groups in total. The highest BCUT2D eigenvalue weighted by molar-refractivity contribution is 9.10. The molecule has 0 radical (unpaired) electrons. The van der Waals surface area contributed by atoms with Gasteiger partial charge in [0.1, 0.15) is 0 Å². The number of nitro groups is 1. The summed E-state index contributed by atoms with van der Waals surface area (Å²) in [6.07, 6.45) is 1.47. The van der Waals surface area contributed by atoms with Crippen molar-refractivity contribution in [2.75, 3.05) is 7.11 Å². The van der Waals surface area contributed by atoms with Crippen molar-refractivity contribution < 1.29 is 28.7 Å². The lowest BCUT2D eigenvalue weighted by atomic mass is 10.1. The van der Waals surface area contributed by atoms with Gasteiger partial charge in [0.2, 0.25) is 5.90 Å². The molecule has 9 nitrogen and oxygen atoms in total. The number of benzene rings is 2. The quantitative estimate of drug-likeness (QED) is 0.211. The van der Waals surface area contributed by atoms with Gasteiger partial charge in [0, 0.05) is 24.1 Å². The summed E-state index contributed by atoms with van der Waals surface area (Å²) in [5.74, 6) is -0.750. The number of carbonyl (C=O) groups excluding carboxylic acids is 2. The number of rotatable bonds is 5. The van der Waals surface area contributed by atoms with Crippen molar-refractivity contribution in [1.29, 1.82) is 0 Å². The number of carbonyl (C=O) groups is 2. The average molecular weight is 475 g/mol. The standard InChI is InChI=1S/C20H15BrN2O7/c1-10-13(5-4-6-16(10)23(26)27)19-22-15(20(25)30-19)8-12-7-14(21)18(29-11(2)24)17(9-12)28-3/h4-9H,1-3H3/b15-8-. The minimum absolute atomic E-state index is 0.00472. The third kappa shape index (κ3) is 4.23. The van der Waals surface area contributed by atoms with Gasteiger partial charge in [-0.3, -0.25) is 14.9 Å². The first-order valence-corrected chi connectivity index (χ1v) is 9.33.